The fourth-order valence-electron chi connectivity index (χ4n) is 3.93. The second kappa shape index (κ2) is 7.55. The molecule has 0 spiro atoms. The van der Waals surface area contributed by atoms with E-state index in [0.717, 1.165) is 22.1 Å². The number of amides is 1. The molecule has 162 valence electrons. The Morgan fingerprint density at radius 3 is 1.97 bits per heavy atom. The van der Waals surface area contributed by atoms with E-state index in [1.165, 1.54) is 0 Å². The number of benzene rings is 2. The molecule has 0 fully saturated rings. The summed E-state index contributed by atoms with van der Waals surface area (Å²) in [6, 6.07) is 11.5. The van der Waals surface area contributed by atoms with Gasteiger partial charge in [-0.3, -0.25) is 9.69 Å². The first-order valence-corrected chi connectivity index (χ1v) is 12.1. The predicted molar refractivity (Wildman–Crippen MR) is 125 cm³/mol. The molecule has 1 unspecified atom stereocenters. The molecule has 5 nitrogen and oxygen atoms in total. The van der Waals surface area contributed by atoms with Gasteiger partial charge in [0, 0.05) is 11.0 Å². The van der Waals surface area contributed by atoms with E-state index in [0.29, 0.717) is 17.8 Å². The molecule has 3 rings (SSSR count). The van der Waals surface area contributed by atoms with Crippen LogP contribution in [0.15, 0.2) is 36.4 Å². The summed E-state index contributed by atoms with van der Waals surface area (Å²) in [6.45, 7) is 11.9. The van der Waals surface area contributed by atoms with Gasteiger partial charge in [-0.25, -0.2) is 4.89 Å². The van der Waals surface area contributed by atoms with Crippen LogP contribution in [0.25, 0.3) is 11.1 Å². The number of hydrogen-bond donors (Lipinski definition) is 1. The molecular weight excluding hydrogens is 397 g/mol. The van der Waals surface area contributed by atoms with Crippen molar-refractivity contribution in [2.24, 2.45) is 5.41 Å². The largest absolute Gasteiger partial charge is 0.496 e. The van der Waals surface area contributed by atoms with Crippen LogP contribution in [0.5, 0.6) is 11.5 Å². The SMILES string of the molecule is COc1cccc(OC)c1-c1cccc2c1[P+](O)(C(C)(C)C)CN2C(=O)C(C)(C)C. The van der Waals surface area contributed by atoms with Crippen molar-refractivity contribution in [3.05, 3.63) is 36.4 Å². The van der Waals surface area contributed by atoms with Gasteiger partial charge in [-0.05, 0) is 45.0 Å². The van der Waals surface area contributed by atoms with E-state index in [1.807, 2.05) is 77.9 Å². The van der Waals surface area contributed by atoms with Crippen LogP contribution in [0.2, 0.25) is 0 Å². The highest BCUT2D eigenvalue weighted by molar-refractivity contribution is 7.80. The number of hydrogen-bond acceptors (Lipinski definition) is 4. The van der Waals surface area contributed by atoms with E-state index in [2.05, 4.69) is 0 Å². The van der Waals surface area contributed by atoms with Gasteiger partial charge in [0.25, 0.3) is 0 Å². The maximum absolute atomic E-state index is 13.3. The molecular formula is C24H33NO4P+. The van der Waals surface area contributed by atoms with Crippen LogP contribution < -0.4 is 19.7 Å². The van der Waals surface area contributed by atoms with E-state index in [1.54, 1.807) is 19.1 Å². The minimum absolute atomic E-state index is 0.00747. The number of nitrogens with zero attached hydrogens (tertiary/aromatic N) is 1. The number of fused-ring (bicyclic) bond motifs is 1. The van der Waals surface area contributed by atoms with Crippen LogP contribution in [-0.4, -0.2) is 36.5 Å². The number of rotatable bonds is 3. The predicted octanol–water partition coefficient (Wildman–Crippen LogP) is 5.07. The zero-order valence-corrected chi connectivity index (χ0v) is 20.1. The van der Waals surface area contributed by atoms with Crippen LogP contribution in [0.1, 0.15) is 41.5 Å². The van der Waals surface area contributed by atoms with Crippen LogP contribution in [-0.2, 0) is 4.79 Å². The molecule has 0 saturated carbocycles. The molecule has 1 aliphatic heterocycles. The van der Waals surface area contributed by atoms with Crippen LogP contribution in [0.3, 0.4) is 0 Å². The molecule has 2 aromatic carbocycles. The van der Waals surface area contributed by atoms with Crippen molar-refractivity contribution in [2.45, 2.75) is 46.7 Å². The van der Waals surface area contributed by atoms with Gasteiger partial charge < -0.3 is 9.47 Å². The average Bonchev–Trinajstić information content (AvgIpc) is 3.00. The fourth-order valence-corrected chi connectivity index (χ4v) is 7.02. The molecule has 0 bridgehead atoms. The van der Waals surface area contributed by atoms with Crippen molar-refractivity contribution in [3.63, 3.8) is 0 Å². The smallest absolute Gasteiger partial charge is 0.235 e. The van der Waals surface area contributed by atoms with Crippen molar-refractivity contribution in [1.82, 2.24) is 0 Å². The lowest BCUT2D eigenvalue weighted by Gasteiger charge is -2.30. The van der Waals surface area contributed by atoms with Crippen molar-refractivity contribution in [3.8, 4) is 22.6 Å². The first kappa shape index (κ1) is 22.6. The number of carbonyl (C=O) groups is 1. The monoisotopic (exact) mass is 430 g/mol. The zero-order chi connectivity index (χ0) is 22.5. The van der Waals surface area contributed by atoms with Gasteiger partial charge in [0.15, 0.2) is 11.6 Å². The maximum atomic E-state index is 13.3. The third kappa shape index (κ3) is 3.48. The van der Waals surface area contributed by atoms with Crippen LogP contribution in [0, 0.1) is 5.41 Å². The van der Waals surface area contributed by atoms with Crippen molar-refractivity contribution in [2.75, 3.05) is 25.4 Å². The number of carbonyl (C=O) groups excluding carboxylic acids is 1. The van der Waals surface area contributed by atoms with E-state index >= 15 is 0 Å². The minimum Gasteiger partial charge on any atom is -0.496 e. The van der Waals surface area contributed by atoms with Gasteiger partial charge in [0.2, 0.25) is 13.4 Å². The summed E-state index contributed by atoms with van der Waals surface area (Å²) < 4.78 is 11.3. The number of methoxy groups -OCH3 is 2. The Kier molecular flexibility index (Phi) is 5.68. The molecule has 0 aliphatic carbocycles. The standard InChI is InChI=1S/C24H33NO4P/c1-23(2,3)22(26)25-15-30(27,24(4,5)6)21-16(11-9-12-17(21)25)20-18(28-7)13-10-14-19(20)29-8/h9-14,27H,15H2,1-8H3/q+1. The summed E-state index contributed by atoms with van der Waals surface area (Å²) in [5.41, 5.74) is 1.89. The summed E-state index contributed by atoms with van der Waals surface area (Å²) in [4.78, 5) is 27.3. The quantitative estimate of drug-likeness (QED) is 0.691. The lowest BCUT2D eigenvalue weighted by molar-refractivity contribution is -0.125. The van der Waals surface area contributed by atoms with Gasteiger partial charge in [-0.15, -0.1) is 0 Å². The first-order valence-electron chi connectivity index (χ1n) is 10.1. The van der Waals surface area contributed by atoms with Gasteiger partial charge in [0.05, 0.1) is 25.5 Å². The average molecular weight is 431 g/mol. The minimum atomic E-state index is -2.74. The Morgan fingerprint density at radius 2 is 1.50 bits per heavy atom. The number of anilines is 1. The fraction of sp³-hybridized carbons (Fsp3) is 0.458. The molecule has 0 aromatic heterocycles. The van der Waals surface area contributed by atoms with Gasteiger partial charge in [-0.1, -0.05) is 32.9 Å². The Morgan fingerprint density at radius 1 is 0.967 bits per heavy atom. The molecule has 30 heavy (non-hydrogen) atoms. The molecule has 6 heteroatoms. The third-order valence-electron chi connectivity index (χ3n) is 5.72. The highest BCUT2D eigenvalue weighted by Gasteiger charge is 2.61. The molecule has 0 radical (unpaired) electrons. The van der Waals surface area contributed by atoms with E-state index in [9.17, 15) is 9.69 Å². The Hall–Kier alpha value is -2.10. The Bertz CT molecular complexity index is 952. The topological polar surface area (TPSA) is 59.0 Å². The molecule has 1 aliphatic rings. The second-order valence-electron chi connectivity index (χ2n) is 9.78. The maximum Gasteiger partial charge on any atom is 0.235 e. The summed E-state index contributed by atoms with van der Waals surface area (Å²) in [5.74, 6) is 1.35. The lowest BCUT2D eigenvalue weighted by Crippen LogP contribution is -2.39. The molecule has 1 heterocycles. The van der Waals surface area contributed by atoms with Gasteiger partial charge in [-0.2, -0.15) is 0 Å². The summed E-state index contributed by atoms with van der Waals surface area (Å²) in [7, 11) is 0.511. The van der Waals surface area contributed by atoms with E-state index in [4.69, 9.17) is 9.47 Å². The lowest BCUT2D eigenvalue weighted by atomic mass is 9.94. The normalized spacial score (nSPS) is 18.9. The summed E-state index contributed by atoms with van der Waals surface area (Å²) in [5, 5.41) is 0.443. The second-order valence-corrected chi connectivity index (χ2v) is 13.4. The molecule has 1 N–H and O–H groups in total. The van der Waals surface area contributed by atoms with Crippen LogP contribution >= 0.6 is 7.49 Å². The number of ether oxygens (including phenoxy) is 2. The van der Waals surface area contributed by atoms with E-state index < -0.39 is 18.1 Å². The highest BCUT2D eigenvalue weighted by Crippen LogP contribution is 2.70. The molecule has 1 amide bonds. The highest BCUT2D eigenvalue weighted by atomic mass is 31.2. The van der Waals surface area contributed by atoms with Crippen molar-refractivity contribution >= 4 is 24.4 Å². The van der Waals surface area contributed by atoms with Gasteiger partial charge in [0.1, 0.15) is 16.7 Å². The Labute approximate surface area is 180 Å². The zero-order valence-electron chi connectivity index (χ0n) is 19.2. The molecule has 0 saturated heterocycles. The van der Waals surface area contributed by atoms with Crippen LogP contribution in [0.4, 0.5) is 5.69 Å². The van der Waals surface area contributed by atoms with Crippen molar-refractivity contribution in [1.29, 1.82) is 0 Å². The summed E-state index contributed by atoms with van der Waals surface area (Å²) >= 11 is 0. The third-order valence-corrected chi connectivity index (χ3v) is 9.84. The Balaban J connectivity index is 2.38. The van der Waals surface area contributed by atoms with Gasteiger partial charge >= 0.3 is 0 Å². The molecule has 2 aromatic rings. The molecule has 1 atom stereocenters. The van der Waals surface area contributed by atoms with E-state index in [-0.39, 0.29) is 5.91 Å². The summed E-state index contributed by atoms with van der Waals surface area (Å²) in [6.07, 6.45) is 0.316. The van der Waals surface area contributed by atoms with Crippen molar-refractivity contribution < 1.29 is 19.2 Å². The first-order chi connectivity index (χ1) is 13.9.